The van der Waals surface area contributed by atoms with Crippen LogP contribution in [-0.4, -0.2) is 6.61 Å². The standard InChI is InChI=1S/C4H11O4P.O.V/c1-2-3-4-8-9(5,6)7;;/h2-4H2,1H3,(H2,5,6,7);;/q;;+2/p-2. The Morgan fingerprint density at radius 2 is 1.91 bits per heavy atom. The normalized spacial score (nSPS) is 10.3. The van der Waals surface area contributed by atoms with Crippen molar-refractivity contribution in [3.63, 3.8) is 0 Å². The molecule has 0 amide bonds. The molecule has 65 valence electrons. The summed E-state index contributed by atoms with van der Waals surface area (Å²) in [5.74, 6) is 0. The van der Waals surface area contributed by atoms with Gasteiger partial charge in [0.05, 0.1) is 14.4 Å². The van der Waals surface area contributed by atoms with Crippen LogP contribution in [0, 0.1) is 0 Å². The summed E-state index contributed by atoms with van der Waals surface area (Å²) >= 11 is 1.06. The molecule has 0 aromatic heterocycles. The summed E-state index contributed by atoms with van der Waals surface area (Å²) in [4.78, 5) is 19.5. The molecule has 0 heterocycles. The molecule has 0 aliphatic rings. The number of phosphoric ester groups is 1. The quantitative estimate of drug-likeness (QED) is 0.470. The molecular formula is C4H9O5PV. The van der Waals surface area contributed by atoms with Crippen LogP contribution in [0.4, 0.5) is 0 Å². The zero-order chi connectivity index (χ0) is 9.33. The number of unbranched alkanes of at least 4 members (excludes halogenated alkanes) is 1. The molecular weight excluding hydrogens is 210 g/mol. The molecule has 0 aliphatic carbocycles. The van der Waals surface area contributed by atoms with Gasteiger partial charge in [-0.05, 0) is 6.42 Å². The summed E-state index contributed by atoms with van der Waals surface area (Å²) in [5, 5.41) is 0. The van der Waals surface area contributed by atoms with Gasteiger partial charge in [-0.1, -0.05) is 13.3 Å². The molecule has 0 aliphatic heterocycles. The van der Waals surface area contributed by atoms with Gasteiger partial charge in [0.25, 0.3) is 0 Å². The van der Waals surface area contributed by atoms with Crippen LogP contribution in [0.2, 0.25) is 0 Å². The van der Waals surface area contributed by atoms with E-state index in [0.717, 1.165) is 23.8 Å². The third kappa shape index (κ3) is 18.0. The van der Waals surface area contributed by atoms with E-state index in [0.29, 0.717) is 6.42 Å². The molecule has 0 bridgehead atoms. The van der Waals surface area contributed by atoms with Crippen molar-refractivity contribution in [3.8, 4) is 0 Å². The molecule has 11 heavy (non-hydrogen) atoms. The van der Waals surface area contributed by atoms with Gasteiger partial charge in [0, 0.05) is 0 Å². The Bertz CT molecular complexity index is 124. The van der Waals surface area contributed by atoms with E-state index in [1.54, 1.807) is 0 Å². The maximum absolute atomic E-state index is 9.76. The van der Waals surface area contributed by atoms with E-state index in [2.05, 4.69) is 4.52 Å². The molecule has 5 nitrogen and oxygen atoms in total. The Balaban J connectivity index is 0. The van der Waals surface area contributed by atoms with Gasteiger partial charge in [0.15, 0.2) is 0 Å². The van der Waals surface area contributed by atoms with Crippen molar-refractivity contribution in [2.24, 2.45) is 0 Å². The second kappa shape index (κ2) is 8.59. The topological polar surface area (TPSA) is 89.5 Å². The number of hydrogen-bond acceptors (Lipinski definition) is 5. The van der Waals surface area contributed by atoms with Gasteiger partial charge in [0.2, 0.25) is 0 Å². The minimum absolute atomic E-state index is 0.0147. The summed E-state index contributed by atoms with van der Waals surface area (Å²) in [6.45, 7) is 1.89. The zero-order valence-electron chi connectivity index (χ0n) is 6.06. The molecule has 0 N–H and O–H groups in total. The third-order valence-electron chi connectivity index (χ3n) is 0.747. The molecule has 0 saturated carbocycles. The Kier molecular flexibility index (Phi) is 11.0. The molecule has 0 saturated heterocycles. The van der Waals surface area contributed by atoms with Crippen molar-refractivity contribution < 1.29 is 39.9 Å². The summed E-state index contributed by atoms with van der Waals surface area (Å²) in [7, 11) is -4.70. The van der Waals surface area contributed by atoms with Gasteiger partial charge in [-0.15, -0.1) is 0 Å². The van der Waals surface area contributed by atoms with E-state index >= 15 is 0 Å². The van der Waals surface area contributed by atoms with Crippen LogP contribution < -0.4 is 9.79 Å². The average molecular weight is 219 g/mol. The van der Waals surface area contributed by atoms with Crippen LogP contribution in [0.25, 0.3) is 0 Å². The first-order valence-corrected chi connectivity index (χ1v) is 4.94. The first-order chi connectivity index (χ1) is 5.06. The Hall–Kier alpha value is 0.494. The fraction of sp³-hybridized carbons (Fsp3) is 1.00. The fourth-order valence-corrected chi connectivity index (χ4v) is 0.673. The molecule has 0 atom stereocenters. The summed E-state index contributed by atoms with van der Waals surface area (Å²) in [6.07, 6.45) is 1.43. The van der Waals surface area contributed by atoms with Gasteiger partial charge in [-0.3, -0.25) is 0 Å². The van der Waals surface area contributed by atoms with E-state index in [1.165, 1.54) is 0 Å². The Morgan fingerprint density at radius 3 is 2.18 bits per heavy atom. The number of rotatable bonds is 4. The minimum atomic E-state index is -4.70. The first kappa shape index (κ1) is 14.0. The van der Waals surface area contributed by atoms with Crippen LogP contribution in [0.3, 0.4) is 0 Å². The van der Waals surface area contributed by atoms with Crippen molar-refractivity contribution >= 4 is 7.82 Å². The molecule has 0 rings (SSSR count). The summed E-state index contributed by atoms with van der Waals surface area (Å²) in [5.41, 5.74) is 0. The molecule has 7 heteroatoms. The average Bonchev–Trinajstić information content (AvgIpc) is 1.90. The van der Waals surface area contributed by atoms with Gasteiger partial charge < -0.3 is 18.9 Å². The van der Waals surface area contributed by atoms with Gasteiger partial charge in [-0.2, -0.15) is 0 Å². The van der Waals surface area contributed by atoms with Crippen LogP contribution in [0.15, 0.2) is 0 Å². The molecule has 0 aromatic carbocycles. The SMILES string of the molecule is CCCCOP(=O)([O-])[O-].[O]=[V+2]. The summed E-state index contributed by atoms with van der Waals surface area (Å²) < 4.78 is 21.9. The third-order valence-corrected chi connectivity index (χ3v) is 1.25. The molecule has 0 fully saturated rings. The van der Waals surface area contributed by atoms with E-state index in [-0.39, 0.29) is 6.61 Å². The van der Waals surface area contributed by atoms with Crippen LogP contribution >= 0.6 is 7.82 Å². The predicted octanol–water partition coefficient (Wildman–Crippen LogP) is -0.490. The second-order valence-electron chi connectivity index (χ2n) is 1.63. The van der Waals surface area contributed by atoms with Crippen LogP contribution in [0.1, 0.15) is 19.8 Å². The van der Waals surface area contributed by atoms with E-state index < -0.39 is 7.82 Å². The summed E-state index contributed by atoms with van der Waals surface area (Å²) in [6, 6.07) is 0. The van der Waals surface area contributed by atoms with Crippen LogP contribution in [-0.2, 0) is 30.1 Å². The fourth-order valence-electron chi connectivity index (χ4n) is 0.321. The maximum atomic E-state index is 9.76. The van der Waals surface area contributed by atoms with Crippen molar-refractivity contribution in [2.45, 2.75) is 19.8 Å². The number of hydrogen-bond donors (Lipinski definition) is 0. The van der Waals surface area contributed by atoms with Crippen molar-refractivity contribution in [3.05, 3.63) is 0 Å². The monoisotopic (exact) mass is 219 g/mol. The molecule has 0 radical (unpaired) electrons. The Labute approximate surface area is 74.6 Å². The van der Waals surface area contributed by atoms with E-state index in [1.807, 2.05) is 6.92 Å². The zero-order valence-corrected chi connectivity index (χ0v) is 8.35. The van der Waals surface area contributed by atoms with Gasteiger partial charge >= 0.3 is 21.0 Å². The van der Waals surface area contributed by atoms with Crippen molar-refractivity contribution in [1.82, 2.24) is 0 Å². The molecule has 0 aromatic rings. The predicted molar refractivity (Wildman–Crippen MR) is 29.2 cm³/mol. The molecule has 0 unspecified atom stereocenters. The van der Waals surface area contributed by atoms with E-state index in [4.69, 9.17) is 3.67 Å². The van der Waals surface area contributed by atoms with Crippen LogP contribution in [0.5, 0.6) is 0 Å². The first-order valence-electron chi connectivity index (χ1n) is 2.91. The molecule has 0 spiro atoms. The number of phosphoric acid groups is 1. The van der Waals surface area contributed by atoms with Crippen molar-refractivity contribution in [1.29, 1.82) is 0 Å². The van der Waals surface area contributed by atoms with Gasteiger partial charge in [-0.25, -0.2) is 0 Å². The second-order valence-corrected chi connectivity index (χ2v) is 2.79. The van der Waals surface area contributed by atoms with Crippen molar-refractivity contribution in [2.75, 3.05) is 6.61 Å². The van der Waals surface area contributed by atoms with Gasteiger partial charge in [0.1, 0.15) is 0 Å². The van der Waals surface area contributed by atoms with E-state index in [9.17, 15) is 14.4 Å². The Morgan fingerprint density at radius 1 is 1.45 bits per heavy atom.